The molecule has 0 atom stereocenters. The molecule has 2 heterocycles. The Morgan fingerprint density at radius 1 is 1.27 bits per heavy atom. The lowest BCUT2D eigenvalue weighted by Gasteiger charge is -2.02. The summed E-state index contributed by atoms with van der Waals surface area (Å²) < 4.78 is 1.49. The van der Waals surface area contributed by atoms with Crippen LogP contribution in [0.25, 0.3) is 22.0 Å². The molecule has 0 unspecified atom stereocenters. The van der Waals surface area contributed by atoms with E-state index >= 15 is 0 Å². The summed E-state index contributed by atoms with van der Waals surface area (Å²) in [6.45, 7) is 0. The molecule has 22 heavy (non-hydrogen) atoms. The molecule has 7 heteroatoms. The summed E-state index contributed by atoms with van der Waals surface area (Å²) in [6.07, 6.45) is 3.06. The lowest BCUT2D eigenvalue weighted by atomic mass is 10.1. The number of anilines is 1. The van der Waals surface area contributed by atoms with Crippen molar-refractivity contribution < 1.29 is 9.55 Å². The lowest BCUT2D eigenvalue weighted by Crippen LogP contribution is -2.19. The van der Waals surface area contributed by atoms with Crippen molar-refractivity contribution in [3.05, 3.63) is 52.7 Å². The van der Waals surface area contributed by atoms with Crippen molar-refractivity contribution in [2.45, 2.75) is 0 Å². The van der Waals surface area contributed by atoms with Crippen molar-refractivity contribution in [3.8, 4) is 11.1 Å². The predicted octanol–water partition coefficient (Wildman–Crippen LogP) is 3.32. The zero-order valence-electron chi connectivity index (χ0n) is 11.7. The second-order valence-electron chi connectivity index (χ2n) is 4.83. The van der Waals surface area contributed by atoms with Gasteiger partial charge in [0.15, 0.2) is 0 Å². The van der Waals surface area contributed by atoms with Gasteiger partial charge in [0.1, 0.15) is 24.6 Å². The first-order chi connectivity index (χ1) is 10.5. The second-order valence-corrected chi connectivity index (χ2v) is 5.24. The normalized spacial score (nSPS) is 10.8. The molecule has 3 aromatic rings. The molecule has 0 saturated heterocycles. The highest BCUT2D eigenvalue weighted by Crippen LogP contribution is 2.31. The van der Waals surface area contributed by atoms with Gasteiger partial charge in [0, 0.05) is 16.3 Å². The van der Waals surface area contributed by atoms with Gasteiger partial charge in [0.25, 0.3) is 0 Å². The number of nitroso groups, excluding NO2 is 1. The number of carbonyl (C=O) groups is 1. The first kappa shape index (κ1) is 14.2. The maximum absolute atomic E-state index is 11.9. The average Bonchev–Trinajstić information content (AvgIpc) is 2.83. The number of nitrogen functional groups attached to an aromatic ring is 1. The van der Waals surface area contributed by atoms with Gasteiger partial charge in [0.05, 0.1) is 5.02 Å². The molecule has 6 nitrogen and oxygen atoms in total. The molecular formula is C15H12ClN4O2+. The highest BCUT2D eigenvalue weighted by atomic mass is 35.5. The molecule has 0 fully saturated rings. The van der Waals surface area contributed by atoms with E-state index in [0.29, 0.717) is 21.7 Å². The summed E-state index contributed by atoms with van der Waals surface area (Å²) in [5, 5.41) is 1.08. The molecule has 0 spiro atoms. The minimum absolute atomic E-state index is 0.257. The SMILES string of the molecule is C[N+](=O)C(=O)n1cc(Cl)c2cc(-c3ccnc(N)c3)ccc21. The maximum atomic E-state index is 11.9. The Kier molecular flexibility index (Phi) is 3.38. The first-order valence-corrected chi connectivity index (χ1v) is 6.83. The van der Waals surface area contributed by atoms with Crippen LogP contribution in [0, 0.1) is 4.91 Å². The average molecular weight is 316 g/mol. The largest absolute Gasteiger partial charge is 0.541 e. The van der Waals surface area contributed by atoms with Gasteiger partial charge in [-0.25, -0.2) is 4.98 Å². The Labute approximate surface area is 130 Å². The van der Waals surface area contributed by atoms with E-state index in [1.807, 2.05) is 18.2 Å². The fourth-order valence-corrected chi connectivity index (χ4v) is 2.56. The van der Waals surface area contributed by atoms with Crippen molar-refractivity contribution in [1.29, 1.82) is 0 Å². The Balaban J connectivity index is 2.18. The molecule has 0 aliphatic heterocycles. The number of hydrogen-bond acceptors (Lipinski definition) is 4. The number of benzene rings is 1. The van der Waals surface area contributed by atoms with Crippen LogP contribution in [0.4, 0.5) is 10.6 Å². The third-order valence-electron chi connectivity index (χ3n) is 3.35. The van der Waals surface area contributed by atoms with E-state index in [1.165, 1.54) is 10.8 Å². The number of fused-ring (bicyclic) bond motifs is 1. The molecule has 0 aliphatic carbocycles. The molecule has 1 amide bonds. The monoisotopic (exact) mass is 315 g/mol. The molecule has 0 bridgehead atoms. The quantitative estimate of drug-likeness (QED) is 0.698. The minimum Gasteiger partial charge on any atom is -0.384 e. The van der Waals surface area contributed by atoms with E-state index in [-0.39, 0.29) is 4.76 Å². The van der Waals surface area contributed by atoms with Crippen LogP contribution < -0.4 is 5.73 Å². The topological polar surface area (TPSA) is 81.0 Å². The molecular weight excluding hydrogens is 304 g/mol. The van der Waals surface area contributed by atoms with Gasteiger partial charge >= 0.3 is 6.03 Å². The van der Waals surface area contributed by atoms with Crippen molar-refractivity contribution in [1.82, 2.24) is 9.55 Å². The van der Waals surface area contributed by atoms with Crippen LogP contribution in [0.3, 0.4) is 0 Å². The number of aromatic nitrogens is 2. The van der Waals surface area contributed by atoms with E-state index in [9.17, 15) is 9.70 Å². The minimum atomic E-state index is -0.696. The number of pyridine rings is 1. The number of rotatable bonds is 1. The first-order valence-electron chi connectivity index (χ1n) is 6.45. The molecule has 2 N–H and O–H groups in total. The van der Waals surface area contributed by atoms with Crippen LogP contribution in [0.15, 0.2) is 42.7 Å². The van der Waals surface area contributed by atoms with Gasteiger partial charge in [-0.1, -0.05) is 22.6 Å². The molecule has 0 radical (unpaired) electrons. The Hall–Kier alpha value is -2.73. The van der Waals surface area contributed by atoms with E-state index in [2.05, 4.69) is 4.98 Å². The highest BCUT2D eigenvalue weighted by Gasteiger charge is 2.24. The van der Waals surface area contributed by atoms with Crippen molar-refractivity contribution in [3.63, 3.8) is 0 Å². The van der Waals surface area contributed by atoms with Crippen LogP contribution in [0.5, 0.6) is 0 Å². The molecule has 1 aromatic carbocycles. The van der Waals surface area contributed by atoms with Crippen LogP contribution in [0.2, 0.25) is 5.02 Å². The summed E-state index contributed by atoms with van der Waals surface area (Å²) in [5.74, 6) is 0.421. The van der Waals surface area contributed by atoms with Gasteiger partial charge in [0.2, 0.25) is 0 Å². The van der Waals surface area contributed by atoms with Gasteiger partial charge < -0.3 is 5.73 Å². The van der Waals surface area contributed by atoms with E-state index < -0.39 is 6.03 Å². The maximum Gasteiger partial charge on any atom is 0.541 e. The molecule has 2 aromatic heterocycles. The summed E-state index contributed by atoms with van der Waals surface area (Å²) in [5.41, 5.74) is 8.05. The second kappa shape index (κ2) is 5.23. The van der Waals surface area contributed by atoms with Crippen LogP contribution in [-0.2, 0) is 0 Å². The Morgan fingerprint density at radius 3 is 2.68 bits per heavy atom. The summed E-state index contributed by atoms with van der Waals surface area (Å²) in [7, 11) is 1.15. The Bertz CT molecular complexity index is 917. The van der Waals surface area contributed by atoms with Crippen molar-refractivity contribution in [2.24, 2.45) is 0 Å². The predicted molar refractivity (Wildman–Crippen MR) is 84.9 cm³/mol. The number of carbonyl (C=O) groups excluding carboxylic acids is 1. The number of nitrogens with zero attached hydrogens (tertiary/aromatic N) is 3. The van der Waals surface area contributed by atoms with Gasteiger partial charge in [-0.15, -0.1) is 0 Å². The molecule has 110 valence electrons. The standard InChI is InChI=1S/C15H12ClN4O2/c1-19(22)15(21)20-8-12(16)11-6-9(2-3-13(11)20)10-4-5-18-14(17)7-10/h2-8H,1H3,(H2,17,18)/q+1. The molecule has 0 aliphatic rings. The van der Waals surface area contributed by atoms with E-state index in [1.54, 1.807) is 18.3 Å². The number of nitrogens with two attached hydrogens (primary N) is 1. The number of hydrogen-bond donors (Lipinski definition) is 1. The summed E-state index contributed by atoms with van der Waals surface area (Å²) in [4.78, 5) is 27.0. The van der Waals surface area contributed by atoms with E-state index in [4.69, 9.17) is 17.3 Å². The van der Waals surface area contributed by atoms with Gasteiger partial charge in [-0.3, -0.25) is 0 Å². The van der Waals surface area contributed by atoms with Crippen LogP contribution in [0.1, 0.15) is 0 Å². The molecule has 3 rings (SSSR count). The van der Waals surface area contributed by atoms with Crippen LogP contribution in [-0.4, -0.2) is 27.4 Å². The summed E-state index contributed by atoms with van der Waals surface area (Å²) in [6, 6.07) is 8.32. The zero-order chi connectivity index (χ0) is 15.9. The van der Waals surface area contributed by atoms with Gasteiger partial charge in [-0.2, -0.15) is 9.36 Å². The lowest BCUT2D eigenvalue weighted by molar-refractivity contribution is -0.416. The fourth-order valence-electron chi connectivity index (χ4n) is 2.31. The highest BCUT2D eigenvalue weighted by molar-refractivity contribution is 6.36. The summed E-state index contributed by atoms with van der Waals surface area (Å²) >= 11 is 6.19. The Morgan fingerprint density at radius 2 is 2.00 bits per heavy atom. The molecule has 0 saturated carbocycles. The van der Waals surface area contributed by atoms with Crippen LogP contribution >= 0.6 is 11.6 Å². The smallest absolute Gasteiger partial charge is 0.384 e. The van der Waals surface area contributed by atoms with Crippen molar-refractivity contribution >= 4 is 34.4 Å². The number of amides is 1. The van der Waals surface area contributed by atoms with Gasteiger partial charge in [-0.05, 0) is 35.4 Å². The third-order valence-corrected chi connectivity index (χ3v) is 3.65. The third kappa shape index (κ3) is 2.33. The fraction of sp³-hybridized carbons (Fsp3) is 0.0667. The van der Waals surface area contributed by atoms with Crippen molar-refractivity contribution in [2.75, 3.05) is 12.8 Å². The zero-order valence-corrected chi connectivity index (χ0v) is 12.4. The van der Waals surface area contributed by atoms with E-state index in [0.717, 1.165) is 18.2 Å². The number of halogens is 1.